The third kappa shape index (κ3) is 3.75. The molecule has 0 spiro atoms. The van der Waals surface area contributed by atoms with Crippen molar-refractivity contribution in [3.63, 3.8) is 0 Å². The van der Waals surface area contributed by atoms with E-state index < -0.39 is 16.6 Å². The predicted molar refractivity (Wildman–Crippen MR) is 107 cm³/mol. The summed E-state index contributed by atoms with van der Waals surface area (Å²) >= 11 is 1.53. The van der Waals surface area contributed by atoms with Crippen LogP contribution in [-0.2, 0) is 24.2 Å². The molecule has 0 atom stereocenters. The Balaban J connectivity index is 1.61. The van der Waals surface area contributed by atoms with E-state index >= 15 is 0 Å². The van der Waals surface area contributed by atoms with Crippen LogP contribution in [0.5, 0.6) is 0 Å². The number of non-ortho nitro benzene ring substituents is 1. The Morgan fingerprint density at radius 3 is 2.90 bits per heavy atom. The molecule has 10 heteroatoms. The van der Waals surface area contributed by atoms with Gasteiger partial charge >= 0.3 is 0 Å². The van der Waals surface area contributed by atoms with E-state index in [1.807, 2.05) is 0 Å². The lowest BCUT2D eigenvalue weighted by molar-refractivity contribution is -0.384. The molecule has 0 saturated carbocycles. The third-order valence-electron chi connectivity index (χ3n) is 4.94. The fourth-order valence-corrected chi connectivity index (χ4v) is 4.76. The molecule has 1 aliphatic rings. The van der Waals surface area contributed by atoms with Crippen LogP contribution in [0.3, 0.4) is 0 Å². The fourth-order valence-electron chi connectivity index (χ4n) is 3.54. The summed E-state index contributed by atoms with van der Waals surface area (Å²) in [4.78, 5) is 41.7. The molecule has 0 saturated heterocycles. The van der Waals surface area contributed by atoms with Crippen molar-refractivity contribution in [2.24, 2.45) is 0 Å². The summed E-state index contributed by atoms with van der Waals surface area (Å²) in [7, 11) is 0. The molecule has 0 fully saturated rings. The average Bonchev–Trinajstić information content (AvgIpc) is 2.88. The lowest BCUT2D eigenvalue weighted by Crippen LogP contribution is -2.28. The zero-order valence-electron chi connectivity index (χ0n) is 15.3. The Morgan fingerprint density at radius 2 is 2.10 bits per heavy atom. The van der Waals surface area contributed by atoms with E-state index in [1.165, 1.54) is 27.1 Å². The number of amides is 1. The number of aryl methyl sites for hydroxylation is 2. The van der Waals surface area contributed by atoms with Gasteiger partial charge in [-0.2, -0.15) is 0 Å². The maximum absolute atomic E-state index is 13.9. The number of nitro benzene ring substituents is 1. The number of carbonyl (C=O) groups excluding carboxylic acids is 1. The fraction of sp³-hybridized carbons (Fsp3) is 0.316. The highest BCUT2D eigenvalue weighted by atomic mass is 32.1. The minimum absolute atomic E-state index is 0.302. The number of thiophene rings is 1. The van der Waals surface area contributed by atoms with Crippen molar-refractivity contribution >= 4 is 38.8 Å². The van der Waals surface area contributed by atoms with E-state index in [-0.39, 0.29) is 23.5 Å². The Hall–Kier alpha value is -3.14. The first-order chi connectivity index (χ1) is 13.9. The van der Waals surface area contributed by atoms with Gasteiger partial charge in [-0.25, -0.2) is 9.37 Å². The van der Waals surface area contributed by atoms with Gasteiger partial charge in [-0.15, -0.1) is 11.3 Å². The van der Waals surface area contributed by atoms with Crippen LogP contribution >= 0.6 is 11.3 Å². The van der Waals surface area contributed by atoms with E-state index in [4.69, 9.17) is 0 Å². The number of fused-ring (bicyclic) bond motifs is 3. The third-order valence-corrected chi connectivity index (χ3v) is 6.14. The first-order valence-corrected chi connectivity index (χ1v) is 9.99. The summed E-state index contributed by atoms with van der Waals surface area (Å²) in [5.41, 5.74) is 0.0714. The first kappa shape index (κ1) is 19.2. The number of nitro groups is 1. The standard InChI is InChI=1S/C19H17FN4O4S/c20-13-7-6-11(24(27)28)8-14(13)22-16(25)9-23-10-21-18-17(19(23)26)12-4-2-1-3-5-15(12)29-18/h6-8,10H,1-5,9H2,(H,22,25). The van der Waals surface area contributed by atoms with Gasteiger partial charge < -0.3 is 5.32 Å². The summed E-state index contributed by atoms with van der Waals surface area (Å²) in [6.45, 7) is -0.367. The van der Waals surface area contributed by atoms with E-state index in [0.29, 0.717) is 10.2 Å². The van der Waals surface area contributed by atoms with E-state index in [1.54, 1.807) is 0 Å². The van der Waals surface area contributed by atoms with Crippen molar-refractivity contribution in [1.29, 1.82) is 0 Å². The summed E-state index contributed by atoms with van der Waals surface area (Å²) < 4.78 is 15.1. The van der Waals surface area contributed by atoms with Gasteiger partial charge in [0.2, 0.25) is 5.91 Å². The summed E-state index contributed by atoms with van der Waals surface area (Å²) in [6.07, 6.45) is 6.28. The van der Waals surface area contributed by atoms with Gasteiger partial charge in [0.1, 0.15) is 17.2 Å². The van der Waals surface area contributed by atoms with Gasteiger partial charge in [-0.1, -0.05) is 6.42 Å². The monoisotopic (exact) mass is 416 g/mol. The van der Waals surface area contributed by atoms with Crippen molar-refractivity contribution in [3.8, 4) is 0 Å². The molecule has 29 heavy (non-hydrogen) atoms. The molecule has 0 bridgehead atoms. The highest BCUT2D eigenvalue weighted by Crippen LogP contribution is 2.32. The lowest BCUT2D eigenvalue weighted by atomic mass is 10.1. The van der Waals surface area contributed by atoms with Crippen molar-refractivity contribution in [2.75, 3.05) is 5.32 Å². The highest BCUT2D eigenvalue weighted by molar-refractivity contribution is 7.18. The van der Waals surface area contributed by atoms with Gasteiger partial charge in [0.05, 0.1) is 22.3 Å². The molecule has 8 nitrogen and oxygen atoms in total. The SMILES string of the molecule is O=C(Cn1cnc2sc3c(c2c1=O)CCCCC3)Nc1cc([N+](=O)[O-])ccc1F. The topological polar surface area (TPSA) is 107 Å². The first-order valence-electron chi connectivity index (χ1n) is 9.17. The summed E-state index contributed by atoms with van der Waals surface area (Å²) in [5.74, 6) is -1.47. The Kier molecular flexibility index (Phi) is 5.10. The van der Waals surface area contributed by atoms with Crippen LogP contribution in [0.25, 0.3) is 10.2 Å². The van der Waals surface area contributed by atoms with Gasteiger partial charge in [0.15, 0.2) is 0 Å². The minimum Gasteiger partial charge on any atom is -0.322 e. The molecule has 150 valence electrons. The minimum atomic E-state index is -0.798. The van der Waals surface area contributed by atoms with Gasteiger partial charge in [-0.3, -0.25) is 24.3 Å². The highest BCUT2D eigenvalue weighted by Gasteiger charge is 2.20. The molecular weight excluding hydrogens is 399 g/mol. The Morgan fingerprint density at radius 1 is 1.31 bits per heavy atom. The molecule has 3 aromatic rings. The number of benzene rings is 1. The van der Waals surface area contributed by atoms with E-state index in [0.717, 1.165) is 55.9 Å². The molecule has 1 N–H and O–H groups in total. The second-order valence-corrected chi connectivity index (χ2v) is 7.98. The molecule has 1 aliphatic carbocycles. The normalized spacial score (nSPS) is 13.7. The Bertz CT molecular complexity index is 1190. The maximum atomic E-state index is 13.9. The van der Waals surface area contributed by atoms with Crippen LogP contribution in [0.1, 0.15) is 29.7 Å². The number of hydrogen-bond acceptors (Lipinski definition) is 6. The molecule has 0 aliphatic heterocycles. The Labute approximate surface area is 168 Å². The molecule has 1 aromatic carbocycles. The quantitative estimate of drug-likeness (QED) is 0.398. The zero-order valence-corrected chi connectivity index (χ0v) is 16.1. The molecule has 4 rings (SSSR count). The van der Waals surface area contributed by atoms with Crippen molar-refractivity contribution in [2.45, 2.75) is 38.6 Å². The largest absolute Gasteiger partial charge is 0.322 e. The van der Waals surface area contributed by atoms with Crippen LogP contribution in [-0.4, -0.2) is 20.4 Å². The van der Waals surface area contributed by atoms with Crippen LogP contribution < -0.4 is 10.9 Å². The number of rotatable bonds is 4. The average molecular weight is 416 g/mol. The van der Waals surface area contributed by atoms with Crippen LogP contribution in [0.2, 0.25) is 0 Å². The molecule has 2 heterocycles. The van der Waals surface area contributed by atoms with Crippen molar-refractivity contribution in [1.82, 2.24) is 9.55 Å². The summed E-state index contributed by atoms with van der Waals surface area (Å²) in [6, 6.07) is 2.86. The van der Waals surface area contributed by atoms with E-state index in [9.17, 15) is 24.1 Å². The number of carbonyl (C=O) groups is 1. The van der Waals surface area contributed by atoms with Crippen LogP contribution in [0.4, 0.5) is 15.8 Å². The number of nitrogens with zero attached hydrogens (tertiary/aromatic N) is 3. The molecule has 2 aromatic heterocycles. The number of anilines is 1. The van der Waals surface area contributed by atoms with Gasteiger partial charge in [0.25, 0.3) is 11.2 Å². The van der Waals surface area contributed by atoms with Gasteiger partial charge in [-0.05, 0) is 37.3 Å². The smallest absolute Gasteiger partial charge is 0.271 e. The second kappa shape index (κ2) is 7.70. The summed E-state index contributed by atoms with van der Waals surface area (Å²) in [5, 5.41) is 13.7. The number of aromatic nitrogens is 2. The molecule has 0 radical (unpaired) electrons. The maximum Gasteiger partial charge on any atom is 0.271 e. The zero-order chi connectivity index (χ0) is 20.5. The van der Waals surface area contributed by atoms with E-state index in [2.05, 4.69) is 10.3 Å². The molecule has 0 unspecified atom stereocenters. The number of nitrogens with one attached hydrogen (secondary N) is 1. The predicted octanol–water partition coefficient (Wildman–Crippen LogP) is 3.41. The number of hydrogen-bond donors (Lipinski definition) is 1. The van der Waals surface area contributed by atoms with Crippen molar-refractivity contribution < 1.29 is 14.1 Å². The second-order valence-electron chi connectivity index (χ2n) is 6.89. The molecular formula is C19H17FN4O4S. The lowest BCUT2D eigenvalue weighted by Gasteiger charge is -2.08. The van der Waals surface area contributed by atoms with Gasteiger partial charge in [0, 0.05) is 17.0 Å². The van der Waals surface area contributed by atoms with Crippen LogP contribution in [0.15, 0.2) is 29.3 Å². The molecule has 1 amide bonds. The number of halogens is 1. The van der Waals surface area contributed by atoms with Crippen molar-refractivity contribution in [3.05, 3.63) is 61.3 Å². The van der Waals surface area contributed by atoms with Crippen LogP contribution in [0, 0.1) is 15.9 Å².